The summed E-state index contributed by atoms with van der Waals surface area (Å²) in [5, 5.41) is 2.98. The number of nitrogens with one attached hydrogen (secondary N) is 1. The second-order valence-corrected chi connectivity index (χ2v) is 7.33. The Balaban J connectivity index is 1.56. The molecule has 2 aromatic carbocycles. The van der Waals surface area contributed by atoms with Gasteiger partial charge in [-0.05, 0) is 42.0 Å². The van der Waals surface area contributed by atoms with Gasteiger partial charge >= 0.3 is 0 Å². The predicted octanol–water partition coefficient (Wildman–Crippen LogP) is 3.50. The minimum atomic E-state index is -0.362. The van der Waals surface area contributed by atoms with Crippen molar-refractivity contribution >= 4 is 11.8 Å². The summed E-state index contributed by atoms with van der Waals surface area (Å²) in [4.78, 5) is 27.3. The summed E-state index contributed by atoms with van der Waals surface area (Å²) in [6, 6.07) is 17.3. The molecule has 1 aliphatic heterocycles. The molecule has 1 heterocycles. The molecule has 5 heteroatoms. The standard InChI is InChI=1S/C23H28N2O3/c1-17(19-10-12-20(28-2)13-11-19)15-22(26)25-14-6-9-21(25)23(27)24-16-18-7-4-3-5-8-18/h3-5,7-8,10-13,17,21H,6,9,14-16H2,1-2H3,(H,24,27)/t17?,21-/m0/s1. The lowest BCUT2D eigenvalue weighted by Gasteiger charge is -2.25. The van der Waals surface area contributed by atoms with E-state index >= 15 is 0 Å². The summed E-state index contributed by atoms with van der Waals surface area (Å²) in [5.74, 6) is 0.872. The van der Waals surface area contributed by atoms with Crippen molar-refractivity contribution in [3.05, 3.63) is 65.7 Å². The summed E-state index contributed by atoms with van der Waals surface area (Å²) in [6.45, 7) is 3.18. The molecule has 1 saturated heterocycles. The molecule has 1 N–H and O–H groups in total. The number of rotatable bonds is 7. The van der Waals surface area contributed by atoms with E-state index in [1.807, 2.05) is 61.5 Å². The maximum Gasteiger partial charge on any atom is 0.243 e. The van der Waals surface area contributed by atoms with Crippen LogP contribution >= 0.6 is 0 Å². The Morgan fingerprint density at radius 2 is 1.86 bits per heavy atom. The first kappa shape index (κ1) is 19.9. The molecule has 2 atom stereocenters. The molecule has 3 rings (SSSR count). The van der Waals surface area contributed by atoms with Gasteiger partial charge in [-0.1, -0.05) is 49.4 Å². The van der Waals surface area contributed by atoms with Crippen LogP contribution in [0.5, 0.6) is 5.75 Å². The molecule has 1 fully saturated rings. The number of ether oxygens (including phenoxy) is 1. The van der Waals surface area contributed by atoms with Gasteiger partial charge in [0.2, 0.25) is 11.8 Å². The number of amides is 2. The number of carbonyl (C=O) groups excluding carboxylic acids is 2. The van der Waals surface area contributed by atoms with Crippen molar-refractivity contribution in [2.45, 2.75) is 44.7 Å². The van der Waals surface area contributed by atoms with Gasteiger partial charge in [-0.15, -0.1) is 0 Å². The van der Waals surface area contributed by atoms with Crippen molar-refractivity contribution in [1.29, 1.82) is 0 Å². The van der Waals surface area contributed by atoms with Crippen molar-refractivity contribution in [3.63, 3.8) is 0 Å². The molecule has 1 aliphatic rings. The lowest BCUT2D eigenvalue weighted by Crippen LogP contribution is -2.46. The van der Waals surface area contributed by atoms with E-state index < -0.39 is 0 Å². The van der Waals surface area contributed by atoms with Gasteiger partial charge in [-0.2, -0.15) is 0 Å². The minimum Gasteiger partial charge on any atom is -0.497 e. The molecule has 5 nitrogen and oxygen atoms in total. The fraction of sp³-hybridized carbons (Fsp3) is 0.391. The second kappa shape index (κ2) is 9.40. The van der Waals surface area contributed by atoms with E-state index in [9.17, 15) is 9.59 Å². The highest BCUT2D eigenvalue weighted by Crippen LogP contribution is 2.25. The van der Waals surface area contributed by atoms with Gasteiger partial charge < -0.3 is 15.0 Å². The summed E-state index contributed by atoms with van der Waals surface area (Å²) in [7, 11) is 1.64. The Bertz CT molecular complexity index is 789. The Hall–Kier alpha value is -2.82. The average molecular weight is 380 g/mol. The predicted molar refractivity (Wildman–Crippen MR) is 109 cm³/mol. The van der Waals surface area contributed by atoms with Crippen molar-refractivity contribution < 1.29 is 14.3 Å². The Morgan fingerprint density at radius 3 is 2.54 bits per heavy atom. The SMILES string of the molecule is COc1ccc(C(C)CC(=O)N2CCC[C@H]2C(=O)NCc2ccccc2)cc1. The van der Waals surface area contributed by atoms with Crippen LogP contribution < -0.4 is 10.1 Å². The van der Waals surface area contributed by atoms with Crippen molar-refractivity contribution in [3.8, 4) is 5.75 Å². The lowest BCUT2D eigenvalue weighted by molar-refractivity contribution is -0.138. The van der Waals surface area contributed by atoms with Crippen LogP contribution in [0.4, 0.5) is 0 Å². The molecular formula is C23H28N2O3. The summed E-state index contributed by atoms with van der Waals surface area (Å²) < 4.78 is 5.19. The van der Waals surface area contributed by atoms with E-state index in [0.717, 1.165) is 29.7 Å². The third-order valence-electron chi connectivity index (χ3n) is 5.35. The van der Waals surface area contributed by atoms with Crippen LogP contribution in [-0.2, 0) is 16.1 Å². The Labute approximate surface area is 166 Å². The molecule has 2 amide bonds. The van der Waals surface area contributed by atoms with Gasteiger partial charge in [0.1, 0.15) is 11.8 Å². The van der Waals surface area contributed by atoms with Crippen LogP contribution in [0.1, 0.15) is 43.2 Å². The van der Waals surface area contributed by atoms with Crippen LogP contribution in [0.25, 0.3) is 0 Å². The molecule has 0 bridgehead atoms. The first-order valence-electron chi connectivity index (χ1n) is 9.83. The number of nitrogens with zero attached hydrogens (tertiary/aromatic N) is 1. The molecule has 28 heavy (non-hydrogen) atoms. The Morgan fingerprint density at radius 1 is 1.14 bits per heavy atom. The average Bonchev–Trinajstić information content (AvgIpc) is 3.23. The molecule has 0 aromatic heterocycles. The maximum atomic E-state index is 12.9. The summed E-state index contributed by atoms with van der Waals surface area (Å²) in [6.07, 6.45) is 1.99. The van der Waals surface area contributed by atoms with E-state index in [1.54, 1.807) is 12.0 Å². The molecule has 0 aliphatic carbocycles. The summed E-state index contributed by atoms with van der Waals surface area (Å²) in [5.41, 5.74) is 2.15. The number of carbonyl (C=O) groups is 2. The minimum absolute atomic E-state index is 0.0423. The number of methoxy groups -OCH3 is 1. The molecule has 0 spiro atoms. The van der Waals surface area contributed by atoms with Crippen molar-refractivity contribution in [2.75, 3.05) is 13.7 Å². The number of hydrogen-bond acceptors (Lipinski definition) is 3. The zero-order valence-corrected chi connectivity index (χ0v) is 16.6. The zero-order chi connectivity index (χ0) is 19.9. The molecule has 148 valence electrons. The topological polar surface area (TPSA) is 58.6 Å². The Kier molecular flexibility index (Phi) is 6.69. The fourth-order valence-corrected chi connectivity index (χ4v) is 3.67. The molecule has 0 radical (unpaired) electrons. The fourth-order valence-electron chi connectivity index (χ4n) is 3.67. The van der Waals surface area contributed by atoms with Crippen molar-refractivity contribution in [1.82, 2.24) is 10.2 Å². The normalized spacial score (nSPS) is 17.2. The van der Waals surface area contributed by atoms with Crippen LogP contribution in [-0.4, -0.2) is 36.4 Å². The molecule has 0 saturated carbocycles. The van der Waals surface area contributed by atoms with Crippen LogP contribution in [0.15, 0.2) is 54.6 Å². The van der Waals surface area contributed by atoms with E-state index in [2.05, 4.69) is 5.32 Å². The molecule has 2 aromatic rings. The smallest absolute Gasteiger partial charge is 0.243 e. The van der Waals surface area contributed by atoms with E-state index in [1.165, 1.54) is 0 Å². The lowest BCUT2D eigenvalue weighted by atomic mass is 9.97. The number of benzene rings is 2. The van der Waals surface area contributed by atoms with Crippen molar-refractivity contribution in [2.24, 2.45) is 0 Å². The van der Waals surface area contributed by atoms with Gasteiger partial charge in [0.25, 0.3) is 0 Å². The van der Waals surface area contributed by atoms with Crippen LogP contribution in [0, 0.1) is 0 Å². The first-order valence-corrected chi connectivity index (χ1v) is 9.83. The first-order chi connectivity index (χ1) is 13.6. The summed E-state index contributed by atoms with van der Waals surface area (Å²) >= 11 is 0. The third-order valence-corrected chi connectivity index (χ3v) is 5.35. The van der Waals surface area contributed by atoms with E-state index in [0.29, 0.717) is 19.5 Å². The zero-order valence-electron chi connectivity index (χ0n) is 16.6. The van der Waals surface area contributed by atoms with Gasteiger partial charge in [0, 0.05) is 19.5 Å². The monoisotopic (exact) mass is 380 g/mol. The highest BCUT2D eigenvalue weighted by Gasteiger charge is 2.34. The quantitative estimate of drug-likeness (QED) is 0.800. The van der Waals surface area contributed by atoms with Gasteiger partial charge in [0.15, 0.2) is 0 Å². The number of hydrogen-bond donors (Lipinski definition) is 1. The number of likely N-dealkylation sites (tertiary alicyclic amines) is 1. The highest BCUT2D eigenvalue weighted by atomic mass is 16.5. The van der Waals surface area contributed by atoms with E-state index in [-0.39, 0.29) is 23.8 Å². The van der Waals surface area contributed by atoms with Gasteiger partial charge in [-0.3, -0.25) is 9.59 Å². The molecular weight excluding hydrogens is 352 g/mol. The van der Waals surface area contributed by atoms with Gasteiger partial charge in [-0.25, -0.2) is 0 Å². The van der Waals surface area contributed by atoms with Crippen LogP contribution in [0.2, 0.25) is 0 Å². The molecule has 1 unspecified atom stereocenters. The third kappa shape index (κ3) is 4.91. The maximum absolute atomic E-state index is 12.9. The highest BCUT2D eigenvalue weighted by molar-refractivity contribution is 5.88. The van der Waals surface area contributed by atoms with E-state index in [4.69, 9.17) is 4.74 Å². The van der Waals surface area contributed by atoms with Gasteiger partial charge in [0.05, 0.1) is 7.11 Å². The largest absolute Gasteiger partial charge is 0.497 e. The second-order valence-electron chi connectivity index (χ2n) is 7.33. The van der Waals surface area contributed by atoms with Crippen LogP contribution in [0.3, 0.4) is 0 Å².